The lowest BCUT2D eigenvalue weighted by atomic mass is 9.88. The molecule has 1 saturated heterocycles. The second-order valence-corrected chi connectivity index (χ2v) is 9.81. The number of aliphatic hydroxyl groups excluding tert-OH is 1. The summed E-state index contributed by atoms with van der Waals surface area (Å²) in [5.41, 5.74) is 4.48. The van der Waals surface area contributed by atoms with Crippen LogP contribution in [0.2, 0.25) is 5.02 Å². The van der Waals surface area contributed by atoms with E-state index in [2.05, 4.69) is 0 Å². The second-order valence-electron chi connectivity index (χ2n) is 9.40. The minimum absolute atomic E-state index is 0.0201. The summed E-state index contributed by atoms with van der Waals surface area (Å²) in [6.45, 7) is 3.89. The Balaban J connectivity index is 1.73. The lowest BCUT2D eigenvalue weighted by Crippen LogP contribution is -2.30. The number of hydrogen-bond acceptors (Lipinski definition) is 5. The molecule has 1 amide bonds. The number of halogens is 1. The fourth-order valence-corrected chi connectivity index (χ4v) is 5.43. The predicted octanol–water partition coefficient (Wildman–Crippen LogP) is 6.26. The molecule has 6 nitrogen and oxygen atoms in total. The number of ketones is 1. The molecule has 1 aliphatic carbocycles. The maximum Gasteiger partial charge on any atom is 0.300 e. The van der Waals surface area contributed by atoms with Crippen molar-refractivity contribution in [2.24, 2.45) is 0 Å². The number of benzene rings is 3. The van der Waals surface area contributed by atoms with Crippen LogP contribution in [0.1, 0.15) is 53.6 Å². The largest absolute Gasteiger partial charge is 0.507 e. The van der Waals surface area contributed by atoms with E-state index in [0.717, 1.165) is 31.2 Å². The SMILES string of the molecule is CCOc1cc(C2/C(=C(\O)c3ccc4c(c3)CCCC4)C(=O)C(=O)N2c2cccc(Cl)c2C)ccc1O. The van der Waals surface area contributed by atoms with Gasteiger partial charge in [-0.2, -0.15) is 0 Å². The number of hydrogen-bond donors (Lipinski definition) is 2. The van der Waals surface area contributed by atoms with Gasteiger partial charge < -0.3 is 14.9 Å². The number of aryl methyl sites for hydroxylation is 2. The number of rotatable bonds is 5. The number of amides is 1. The van der Waals surface area contributed by atoms with Crippen molar-refractivity contribution in [3.63, 3.8) is 0 Å². The van der Waals surface area contributed by atoms with Crippen LogP contribution in [0.3, 0.4) is 0 Å². The van der Waals surface area contributed by atoms with E-state index in [1.54, 1.807) is 50.2 Å². The maximum absolute atomic E-state index is 13.5. The Morgan fingerprint density at radius 3 is 2.57 bits per heavy atom. The van der Waals surface area contributed by atoms with Crippen LogP contribution in [0.4, 0.5) is 5.69 Å². The van der Waals surface area contributed by atoms with Gasteiger partial charge in [0.15, 0.2) is 11.5 Å². The molecule has 37 heavy (non-hydrogen) atoms. The number of nitrogens with zero attached hydrogens (tertiary/aromatic N) is 1. The molecule has 3 aromatic carbocycles. The van der Waals surface area contributed by atoms with E-state index in [9.17, 15) is 19.8 Å². The highest BCUT2D eigenvalue weighted by atomic mass is 35.5. The number of ether oxygens (including phenoxy) is 1. The molecule has 1 heterocycles. The molecule has 1 atom stereocenters. The fraction of sp³-hybridized carbons (Fsp3) is 0.267. The smallest absolute Gasteiger partial charge is 0.300 e. The quantitative estimate of drug-likeness (QED) is 0.237. The number of aliphatic hydroxyl groups is 1. The molecular weight excluding hydrogens is 490 g/mol. The zero-order valence-electron chi connectivity index (χ0n) is 20.8. The predicted molar refractivity (Wildman–Crippen MR) is 143 cm³/mol. The zero-order valence-corrected chi connectivity index (χ0v) is 21.5. The average Bonchev–Trinajstić information content (AvgIpc) is 3.16. The van der Waals surface area contributed by atoms with Gasteiger partial charge in [0, 0.05) is 16.3 Å². The molecule has 5 rings (SSSR count). The normalized spacial score (nSPS) is 18.7. The number of fused-ring (bicyclic) bond motifs is 1. The third kappa shape index (κ3) is 4.36. The van der Waals surface area contributed by atoms with Gasteiger partial charge in [-0.05, 0) is 92.1 Å². The van der Waals surface area contributed by atoms with Crippen molar-refractivity contribution in [2.75, 3.05) is 11.5 Å². The molecule has 3 aromatic rings. The van der Waals surface area contributed by atoms with E-state index >= 15 is 0 Å². The minimum atomic E-state index is -0.951. The number of carbonyl (C=O) groups is 2. The topological polar surface area (TPSA) is 87.1 Å². The van der Waals surface area contributed by atoms with Gasteiger partial charge >= 0.3 is 0 Å². The van der Waals surface area contributed by atoms with Gasteiger partial charge in [-0.15, -0.1) is 0 Å². The Hall–Kier alpha value is -3.77. The van der Waals surface area contributed by atoms with Crippen LogP contribution in [0, 0.1) is 6.92 Å². The summed E-state index contributed by atoms with van der Waals surface area (Å²) in [5, 5.41) is 22.3. The van der Waals surface area contributed by atoms with Crippen molar-refractivity contribution >= 4 is 34.7 Å². The third-order valence-electron chi connectivity index (χ3n) is 7.16. The lowest BCUT2D eigenvalue weighted by molar-refractivity contribution is -0.132. The highest BCUT2D eigenvalue weighted by Crippen LogP contribution is 2.45. The molecule has 190 valence electrons. The van der Waals surface area contributed by atoms with Crippen LogP contribution in [0.25, 0.3) is 5.76 Å². The van der Waals surface area contributed by atoms with Crippen molar-refractivity contribution < 1.29 is 24.5 Å². The summed E-state index contributed by atoms with van der Waals surface area (Å²) in [6.07, 6.45) is 4.10. The van der Waals surface area contributed by atoms with Crippen LogP contribution in [0.5, 0.6) is 11.5 Å². The summed E-state index contributed by atoms with van der Waals surface area (Å²) in [5.74, 6) is -1.62. The molecule has 0 bridgehead atoms. The molecule has 2 N–H and O–H groups in total. The molecule has 0 radical (unpaired) electrons. The number of anilines is 1. The summed E-state index contributed by atoms with van der Waals surface area (Å²) in [7, 11) is 0. The first kappa shape index (κ1) is 24.9. The first-order valence-corrected chi connectivity index (χ1v) is 12.8. The summed E-state index contributed by atoms with van der Waals surface area (Å²) in [4.78, 5) is 28.4. The molecule has 0 spiro atoms. The Labute approximate surface area is 220 Å². The molecule has 1 aliphatic heterocycles. The Morgan fingerprint density at radius 2 is 1.81 bits per heavy atom. The van der Waals surface area contributed by atoms with Crippen LogP contribution in [-0.2, 0) is 22.4 Å². The van der Waals surface area contributed by atoms with E-state index in [1.807, 2.05) is 12.1 Å². The van der Waals surface area contributed by atoms with Crippen molar-refractivity contribution in [1.29, 1.82) is 0 Å². The molecule has 7 heteroatoms. The minimum Gasteiger partial charge on any atom is -0.507 e. The number of phenols is 1. The Bertz CT molecular complexity index is 1440. The first-order chi connectivity index (χ1) is 17.8. The van der Waals surface area contributed by atoms with Crippen LogP contribution in [0.15, 0.2) is 60.2 Å². The van der Waals surface area contributed by atoms with Crippen LogP contribution < -0.4 is 9.64 Å². The van der Waals surface area contributed by atoms with Gasteiger partial charge in [-0.25, -0.2) is 0 Å². The number of Topliss-reactive ketones (excluding diaryl/α,β-unsaturated/α-hetero) is 1. The van der Waals surface area contributed by atoms with Gasteiger partial charge in [0.2, 0.25) is 0 Å². The van der Waals surface area contributed by atoms with E-state index in [1.165, 1.54) is 16.5 Å². The van der Waals surface area contributed by atoms with Gasteiger partial charge in [-0.1, -0.05) is 35.9 Å². The van der Waals surface area contributed by atoms with E-state index in [4.69, 9.17) is 16.3 Å². The van der Waals surface area contributed by atoms with Crippen molar-refractivity contribution in [1.82, 2.24) is 0 Å². The van der Waals surface area contributed by atoms with Gasteiger partial charge in [-0.3, -0.25) is 14.5 Å². The zero-order chi connectivity index (χ0) is 26.3. The maximum atomic E-state index is 13.5. The van der Waals surface area contributed by atoms with Crippen LogP contribution in [-0.4, -0.2) is 28.5 Å². The van der Waals surface area contributed by atoms with Gasteiger partial charge in [0.1, 0.15) is 5.76 Å². The summed E-state index contributed by atoms with van der Waals surface area (Å²) in [6, 6.07) is 14.6. The van der Waals surface area contributed by atoms with Gasteiger partial charge in [0.05, 0.1) is 18.2 Å². The summed E-state index contributed by atoms with van der Waals surface area (Å²) < 4.78 is 5.58. The van der Waals surface area contributed by atoms with Gasteiger partial charge in [0.25, 0.3) is 11.7 Å². The summed E-state index contributed by atoms with van der Waals surface area (Å²) >= 11 is 6.38. The molecule has 2 aliphatic rings. The molecule has 0 aromatic heterocycles. The lowest BCUT2D eigenvalue weighted by Gasteiger charge is -2.27. The second kappa shape index (κ2) is 9.94. The Kier molecular flexibility index (Phi) is 6.69. The third-order valence-corrected chi connectivity index (χ3v) is 7.57. The van der Waals surface area contributed by atoms with Crippen molar-refractivity contribution in [3.05, 3.63) is 93.0 Å². The van der Waals surface area contributed by atoms with E-state index in [-0.39, 0.29) is 22.8 Å². The standard InChI is InChI=1S/C30H28ClNO5/c1-3-37-25-16-20(13-14-24(25)33)27-26(28(34)21-12-11-18-7-4-5-8-19(18)15-21)29(35)30(36)32(27)23-10-6-9-22(31)17(23)2/h6,9-16,27,33-34H,3-5,7-8H2,1-2H3/b28-26+. The molecule has 1 fully saturated rings. The number of carbonyl (C=O) groups excluding carboxylic acids is 2. The fourth-order valence-electron chi connectivity index (χ4n) is 5.26. The number of aromatic hydroxyl groups is 1. The van der Waals surface area contributed by atoms with E-state index < -0.39 is 17.7 Å². The monoisotopic (exact) mass is 517 g/mol. The highest BCUT2D eigenvalue weighted by Gasteiger charge is 2.47. The first-order valence-electron chi connectivity index (χ1n) is 12.5. The molecule has 0 saturated carbocycles. The molecular formula is C30H28ClNO5. The Morgan fingerprint density at radius 1 is 1.05 bits per heavy atom. The molecule has 1 unspecified atom stereocenters. The van der Waals surface area contributed by atoms with Crippen molar-refractivity contribution in [2.45, 2.75) is 45.6 Å². The highest BCUT2D eigenvalue weighted by molar-refractivity contribution is 6.52. The number of phenolic OH excluding ortho intramolecular Hbond substituents is 1. The van der Waals surface area contributed by atoms with Crippen LogP contribution >= 0.6 is 11.6 Å². The van der Waals surface area contributed by atoms with E-state index in [0.29, 0.717) is 34.0 Å². The van der Waals surface area contributed by atoms with Crippen molar-refractivity contribution in [3.8, 4) is 11.5 Å². The average molecular weight is 518 g/mol.